The predicted octanol–water partition coefficient (Wildman–Crippen LogP) is 2.77. The van der Waals surface area contributed by atoms with E-state index in [1.807, 2.05) is 6.07 Å². The number of fused-ring (bicyclic) bond motifs is 1. The normalized spacial score (nSPS) is 16.6. The monoisotopic (exact) mass is 408 g/mol. The van der Waals surface area contributed by atoms with Crippen molar-refractivity contribution in [2.24, 2.45) is 0 Å². The molecule has 2 aromatic carbocycles. The van der Waals surface area contributed by atoms with E-state index in [4.69, 9.17) is 0 Å². The van der Waals surface area contributed by atoms with Gasteiger partial charge >= 0.3 is 0 Å². The molecule has 1 aliphatic heterocycles. The number of nitro benzene ring substituents is 1. The molecule has 0 radical (unpaired) electrons. The Hall–Kier alpha value is -3.03. The van der Waals surface area contributed by atoms with Crippen molar-refractivity contribution in [3.63, 3.8) is 0 Å². The third-order valence-corrected chi connectivity index (χ3v) is 6.40. The molecule has 29 heavy (non-hydrogen) atoms. The summed E-state index contributed by atoms with van der Waals surface area (Å²) in [6, 6.07) is 18.7. The number of non-ortho nitro benzene ring substituents is 1. The van der Waals surface area contributed by atoms with E-state index in [1.165, 1.54) is 39.1 Å². The van der Waals surface area contributed by atoms with Gasteiger partial charge in [0, 0.05) is 29.7 Å². The number of carbonyl (C=O) groups excluding carboxylic acids is 1. The van der Waals surface area contributed by atoms with Crippen LogP contribution in [-0.2, 0) is 13.0 Å². The number of nitrogens with one attached hydrogen (secondary N) is 2. The van der Waals surface area contributed by atoms with Crippen molar-refractivity contribution in [3.8, 4) is 0 Å². The standard InChI is InChI=1S/C22H21N3O3S/c26-22(17-7-3-8-19(13-17)25(27)28)23-14-20(21-9-4-12-29-21)24-11-10-16-5-1-2-6-18(16)15-24/h1-9,12-13,20H,10-11,14-15H2,(H,23,26)/p+1/t20-/m0/s1. The maximum Gasteiger partial charge on any atom is 0.270 e. The van der Waals surface area contributed by atoms with Crippen LogP contribution in [0.4, 0.5) is 5.69 Å². The fourth-order valence-corrected chi connectivity index (χ4v) is 4.78. The zero-order valence-corrected chi connectivity index (χ0v) is 16.7. The molecule has 1 amide bonds. The van der Waals surface area contributed by atoms with Crippen LogP contribution in [0.5, 0.6) is 0 Å². The van der Waals surface area contributed by atoms with Gasteiger partial charge in [0.05, 0.1) is 22.9 Å². The smallest absolute Gasteiger partial charge is 0.270 e. The van der Waals surface area contributed by atoms with Crippen molar-refractivity contribution in [1.29, 1.82) is 0 Å². The van der Waals surface area contributed by atoms with Crippen LogP contribution in [0.2, 0.25) is 0 Å². The minimum absolute atomic E-state index is 0.0780. The fourth-order valence-electron chi connectivity index (χ4n) is 3.89. The highest BCUT2D eigenvalue weighted by Gasteiger charge is 2.29. The maximum absolute atomic E-state index is 12.6. The van der Waals surface area contributed by atoms with Gasteiger partial charge in [-0.05, 0) is 23.1 Å². The van der Waals surface area contributed by atoms with Gasteiger partial charge in [-0.3, -0.25) is 14.9 Å². The van der Waals surface area contributed by atoms with E-state index in [0.29, 0.717) is 12.1 Å². The van der Waals surface area contributed by atoms with E-state index in [9.17, 15) is 14.9 Å². The second kappa shape index (κ2) is 8.55. The number of benzene rings is 2. The number of amides is 1. The first kappa shape index (κ1) is 19.3. The Morgan fingerprint density at radius 2 is 1.97 bits per heavy atom. The molecule has 0 spiro atoms. The molecule has 0 bridgehead atoms. The lowest BCUT2D eigenvalue weighted by atomic mass is 9.98. The van der Waals surface area contributed by atoms with Crippen molar-refractivity contribution >= 4 is 22.9 Å². The minimum Gasteiger partial charge on any atom is -0.346 e. The summed E-state index contributed by atoms with van der Waals surface area (Å²) >= 11 is 1.70. The number of thiophene rings is 1. The molecule has 1 unspecified atom stereocenters. The SMILES string of the molecule is O=C(NC[C@@H](c1cccs1)[NH+]1CCc2ccccc2C1)c1cccc([N+](=O)[O-])c1. The lowest BCUT2D eigenvalue weighted by Crippen LogP contribution is -3.12. The lowest BCUT2D eigenvalue weighted by Gasteiger charge is -2.32. The van der Waals surface area contributed by atoms with E-state index in [1.54, 1.807) is 17.4 Å². The zero-order chi connectivity index (χ0) is 20.2. The van der Waals surface area contributed by atoms with E-state index in [0.717, 1.165) is 19.5 Å². The second-order valence-corrected chi connectivity index (χ2v) is 8.17. The van der Waals surface area contributed by atoms with Gasteiger partial charge in [0.1, 0.15) is 12.6 Å². The quantitative estimate of drug-likeness (QED) is 0.486. The average molecular weight is 409 g/mol. The van der Waals surface area contributed by atoms with Crippen LogP contribution in [0.1, 0.15) is 32.4 Å². The van der Waals surface area contributed by atoms with Gasteiger partial charge in [-0.15, -0.1) is 11.3 Å². The van der Waals surface area contributed by atoms with Gasteiger partial charge in [0.25, 0.3) is 11.6 Å². The Bertz CT molecular complexity index is 1020. The molecule has 0 saturated carbocycles. The van der Waals surface area contributed by atoms with Crippen molar-refractivity contribution in [2.45, 2.75) is 19.0 Å². The minimum atomic E-state index is -0.486. The van der Waals surface area contributed by atoms with Crippen LogP contribution in [0.3, 0.4) is 0 Å². The van der Waals surface area contributed by atoms with Gasteiger partial charge in [-0.1, -0.05) is 36.4 Å². The summed E-state index contributed by atoms with van der Waals surface area (Å²) < 4.78 is 0. The van der Waals surface area contributed by atoms with Gasteiger partial charge in [0.15, 0.2) is 0 Å². The van der Waals surface area contributed by atoms with Crippen LogP contribution in [0.25, 0.3) is 0 Å². The number of carbonyl (C=O) groups is 1. The van der Waals surface area contributed by atoms with E-state index < -0.39 is 4.92 Å². The summed E-state index contributed by atoms with van der Waals surface area (Å²) in [5.41, 5.74) is 3.00. The lowest BCUT2D eigenvalue weighted by molar-refractivity contribution is -0.945. The summed E-state index contributed by atoms with van der Waals surface area (Å²) in [5, 5.41) is 16.0. The largest absolute Gasteiger partial charge is 0.346 e. The Morgan fingerprint density at radius 3 is 2.72 bits per heavy atom. The second-order valence-electron chi connectivity index (χ2n) is 7.19. The van der Waals surface area contributed by atoms with E-state index >= 15 is 0 Å². The molecule has 0 saturated heterocycles. The number of quaternary nitrogens is 1. The highest BCUT2D eigenvalue weighted by molar-refractivity contribution is 7.10. The van der Waals surface area contributed by atoms with Crippen LogP contribution in [-0.4, -0.2) is 23.9 Å². The Kier molecular flexibility index (Phi) is 5.69. The third-order valence-electron chi connectivity index (χ3n) is 5.42. The Morgan fingerprint density at radius 1 is 1.14 bits per heavy atom. The first-order chi connectivity index (χ1) is 14.1. The summed E-state index contributed by atoms with van der Waals surface area (Å²) in [5.74, 6) is -0.285. The van der Waals surface area contributed by atoms with Crippen molar-refractivity contribution < 1.29 is 14.6 Å². The molecular weight excluding hydrogens is 386 g/mol. The molecule has 4 rings (SSSR count). The van der Waals surface area contributed by atoms with Crippen LogP contribution in [0.15, 0.2) is 66.0 Å². The highest BCUT2D eigenvalue weighted by Crippen LogP contribution is 2.19. The number of nitro groups is 1. The topological polar surface area (TPSA) is 76.7 Å². The molecule has 1 aromatic heterocycles. The Balaban J connectivity index is 1.50. The molecule has 7 heteroatoms. The number of rotatable bonds is 6. The molecule has 0 aliphatic carbocycles. The van der Waals surface area contributed by atoms with Crippen molar-refractivity contribution in [1.82, 2.24) is 5.32 Å². The van der Waals surface area contributed by atoms with Crippen molar-refractivity contribution in [3.05, 3.63) is 97.7 Å². The molecule has 0 fully saturated rings. The predicted molar refractivity (Wildman–Crippen MR) is 112 cm³/mol. The average Bonchev–Trinajstić information content (AvgIpc) is 3.28. The molecular formula is C22H22N3O3S+. The van der Waals surface area contributed by atoms with E-state index in [2.05, 4.69) is 41.0 Å². The summed E-state index contributed by atoms with van der Waals surface area (Å²) in [6.45, 7) is 2.41. The molecule has 2 heterocycles. The Labute approximate surface area is 172 Å². The highest BCUT2D eigenvalue weighted by atomic mass is 32.1. The molecule has 6 nitrogen and oxygen atoms in total. The summed E-state index contributed by atoms with van der Waals surface area (Å²) in [4.78, 5) is 25.8. The van der Waals surface area contributed by atoms with Crippen LogP contribution < -0.4 is 10.2 Å². The maximum atomic E-state index is 12.6. The van der Waals surface area contributed by atoms with Crippen molar-refractivity contribution in [2.75, 3.05) is 13.1 Å². The fraction of sp³-hybridized carbons (Fsp3) is 0.227. The number of hydrogen-bond donors (Lipinski definition) is 2. The van der Waals surface area contributed by atoms with Crippen LogP contribution in [0, 0.1) is 10.1 Å². The molecule has 148 valence electrons. The summed E-state index contributed by atoms with van der Waals surface area (Å²) in [6.07, 6.45) is 1.02. The molecule has 1 aliphatic rings. The molecule has 2 N–H and O–H groups in total. The van der Waals surface area contributed by atoms with Gasteiger partial charge in [-0.2, -0.15) is 0 Å². The molecule has 3 aromatic rings. The molecule has 2 atom stereocenters. The number of nitrogens with zero attached hydrogens (tertiary/aromatic N) is 1. The third kappa shape index (κ3) is 4.36. The van der Waals surface area contributed by atoms with Crippen LogP contribution >= 0.6 is 11.3 Å². The number of hydrogen-bond acceptors (Lipinski definition) is 4. The van der Waals surface area contributed by atoms with Gasteiger partial charge < -0.3 is 10.2 Å². The zero-order valence-electron chi connectivity index (χ0n) is 15.8. The first-order valence-electron chi connectivity index (χ1n) is 9.59. The van der Waals surface area contributed by atoms with E-state index in [-0.39, 0.29) is 17.6 Å². The van der Waals surface area contributed by atoms with Gasteiger partial charge in [0.2, 0.25) is 0 Å². The first-order valence-corrected chi connectivity index (χ1v) is 10.5. The van der Waals surface area contributed by atoms with Gasteiger partial charge in [-0.25, -0.2) is 0 Å². The summed E-state index contributed by atoms with van der Waals surface area (Å²) in [7, 11) is 0.